The molecule has 0 unspecified atom stereocenters. The SMILES string of the molecule is CCC(=O)N1CCc2cc(C(=O)Nc3cccc(C(=O)NC4CC4)c3)ccc21. The monoisotopic (exact) mass is 377 g/mol. The molecule has 1 heterocycles. The first kappa shape index (κ1) is 18.2. The Bertz CT molecular complexity index is 950. The summed E-state index contributed by atoms with van der Waals surface area (Å²) in [6.45, 7) is 2.51. The Balaban J connectivity index is 1.47. The van der Waals surface area contributed by atoms with Crippen LogP contribution in [0.1, 0.15) is 52.5 Å². The zero-order valence-corrected chi connectivity index (χ0v) is 15.8. The third-order valence-electron chi connectivity index (χ3n) is 5.14. The van der Waals surface area contributed by atoms with Crippen LogP contribution in [0, 0.1) is 0 Å². The summed E-state index contributed by atoms with van der Waals surface area (Å²) >= 11 is 0. The van der Waals surface area contributed by atoms with Crippen LogP contribution in [0.3, 0.4) is 0 Å². The lowest BCUT2D eigenvalue weighted by molar-refractivity contribution is -0.118. The van der Waals surface area contributed by atoms with Crippen LogP contribution >= 0.6 is 0 Å². The van der Waals surface area contributed by atoms with E-state index in [4.69, 9.17) is 0 Å². The second kappa shape index (κ2) is 7.46. The van der Waals surface area contributed by atoms with E-state index in [0.29, 0.717) is 29.8 Å². The van der Waals surface area contributed by atoms with E-state index in [-0.39, 0.29) is 23.8 Å². The molecular formula is C22H23N3O3. The highest BCUT2D eigenvalue weighted by molar-refractivity contribution is 6.06. The summed E-state index contributed by atoms with van der Waals surface area (Å²) in [5, 5.41) is 5.80. The summed E-state index contributed by atoms with van der Waals surface area (Å²) in [5.74, 6) is -0.253. The smallest absolute Gasteiger partial charge is 0.255 e. The van der Waals surface area contributed by atoms with Crippen molar-refractivity contribution in [2.75, 3.05) is 16.8 Å². The normalized spacial score (nSPS) is 15.1. The van der Waals surface area contributed by atoms with E-state index in [1.807, 2.05) is 19.1 Å². The van der Waals surface area contributed by atoms with Gasteiger partial charge in [-0.1, -0.05) is 13.0 Å². The number of carbonyl (C=O) groups is 3. The molecule has 1 aliphatic carbocycles. The van der Waals surface area contributed by atoms with Crippen LogP contribution in [0.5, 0.6) is 0 Å². The van der Waals surface area contributed by atoms with E-state index in [0.717, 1.165) is 30.5 Å². The highest BCUT2D eigenvalue weighted by Gasteiger charge is 2.25. The van der Waals surface area contributed by atoms with Crippen molar-refractivity contribution < 1.29 is 14.4 Å². The van der Waals surface area contributed by atoms with Gasteiger partial charge in [0.2, 0.25) is 5.91 Å². The number of carbonyl (C=O) groups excluding carboxylic acids is 3. The standard InChI is InChI=1S/C22H23N3O3/c1-2-20(26)25-11-10-14-12-16(6-9-19(14)25)22(28)24-18-5-3-4-15(13-18)21(27)23-17-7-8-17/h3-6,9,12-13,17H,2,7-8,10-11H2,1H3,(H,23,27)(H,24,28). The fourth-order valence-corrected chi connectivity index (χ4v) is 3.43. The predicted molar refractivity (Wildman–Crippen MR) is 108 cm³/mol. The molecule has 2 N–H and O–H groups in total. The highest BCUT2D eigenvalue weighted by Crippen LogP contribution is 2.29. The maximum Gasteiger partial charge on any atom is 0.255 e. The summed E-state index contributed by atoms with van der Waals surface area (Å²) < 4.78 is 0. The van der Waals surface area contributed by atoms with E-state index in [1.54, 1.807) is 35.2 Å². The first-order chi connectivity index (χ1) is 13.5. The average molecular weight is 377 g/mol. The van der Waals surface area contributed by atoms with Crippen molar-refractivity contribution in [3.8, 4) is 0 Å². The first-order valence-corrected chi connectivity index (χ1v) is 9.70. The van der Waals surface area contributed by atoms with Crippen LogP contribution in [0.25, 0.3) is 0 Å². The zero-order valence-electron chi connectivity index (χ0n) is 15.8. The number of amides is 3. The number of benzene rings is 2. The summed E-state index contributed by atoms with van der Waals surface area (Å²) in [6, 6.07) is 12.7. The van der Waals surface area contributed by atoms with Gasteiger partial charge in [0.1, 0.15) is 0 Å². The minimum absolute atomic E-state index is 0.0947. The van der Waals surface area contributed by atoms with E-state index < -0.39 is 0 Å². The van der Waals surface area contributed by atoms with E-state index in [9.17, 15) is 14.4 Å². The van der Waals surface area contributed by atoms with Crippen LogP contribution < -0.4 is 15.5 Å². The number of hydrogen-bond acceptors (Lipinski definition) is 3. The number of anilines is 2. The van der Waals surface area contributed by atoms with E-state index in [2.05, 4.69) is 10.6 Å². The summed E-state index contributed by atoms with van der Waals surface area (Å²) in [4.78, 5) is 38.6. The number of hydrogen-bond donors (Lipinski definition) is 2. The minimum Gasteiger partial charge on any atom is -0.349 e. The van der Waals surface area contributed by atoms with Crippen molar-refractivity contribution >= 4 is 29.1 Å². The second-order valence-electron chi connectivity index (χ2n) is 7.28. The van der Waals surface area contributed by atoms with E-state index >= 15 is 0 Å². The van der Waals surface area contributed by atoms with Crippen molar-refractivity contribution in [2.45, 2.75) is 38.6 Å². The third kappa shape index (κ3) is 3.76. The highest BCUT2D eigenvalue weighted by atomic mass is 16.2. The fraction of sp³-hybridized carbons (Fsp3) is 0.318. The number of fused-ring (bicyclic) bond motifs is 1. The molecule has 1 aliphatic heterocycles. The molecule has 6 heteroatoms. The lowest BCUT2D eigenvalue weighted by Gasteiger charge is -2.16. The molecule has 0 radical (unpaired) electrons. The van der Waals surface area contributed by atoms with Crippen molar-refractivity contribution in [2.24, 2.45) is 0 Å². The predicted octanol–water partition coefficient (Wildman–Crippen LogP) is 3.13. The first-order valence-electron chi connectivity index (χ1n) is 9.70. The Morgan fingerprint density at radius 3 is 2.57 bits per heavy atom. The van der Waals surface area contributed by atoms with E-state index in [1.165, 1.54) is 0 Å². The van der Waals surface area contributed by atoms with Gasteiger partial charge in [-0.2, -0.15) is 0 Å². The van der Waals surface area contributed by atoms with Crippen molar-refractivity contribution in [3.05, 3.63) is 59.2 Å². The zero-order chi connectivity index (χ0) is 19.7. The van der Waals surface area contributed by atoms with Gasteiger partial charge in [0.15, 0.2) is 0 Å². The molecule has 1 fully saturated rings. The van der Waals surface area contributed by atoms with Gasteiger partial charge in [-0.3, -0.25) is 14.4 Å². The summed E-state index contributed by atoms with van der Waals surface area (Å²) in [5.41, 5.74) is 3.55. The van der Waals surface area contributed by atoms with Gasteiger partial charge >= 0.3 is 0 Å². The molecule has 0 atom stereocenters. The van der Waals surface area contributed by atoms with Gasteiger partial charge in [0.25, 0.3) is 11.8 Å². The molecule has 4 rings (SSSR count). The molecule has 0 saturated heterocycles. The van der Waals surface area contributed by atoms with Gasteiger partial charge < -0.3 is 15.5 Å². The molecule has 2 aromatic rings. The molecule has 6 nitrogen and oxygen atoms in total. The third-order valence-corrected chi connectivity index (χ3v) is 5.14. The van der Waals surface area contributed by atoms with Crippen molar-refractivity contribution in [1.82, 2.24) is 5.32 Å². The summed E-state index contributed by atoms with van der Waals surface area (Å²) in [7, 11) is 0. The minimum atomic E-state index is -0.234. The van der Waals surface area contributed by atoms with Gasteiger partial charge in [-0.25, -0.2) is 0 Å². The van der Waals surface area contributed by atoms with Crippen LogP contribution in [0.4, 0.5) is 11.4 Å². The van der Waals surface area contributed by atoms with Gasteiger partial charge in [-0.05, 0) is 61.2 Å². The lowest BCUT2D eigenvalue weighted by atomic mass is 10.1. The number of rotatable bonds is 5. The van der Waals surface area contributed by atoms with Gasteiger partial charge in [-0.15, -0.1) is 0 Å². The van der Waals surface area contributed by atoms with Crippen molar-refractivity contribution in [1.29, 1.82) is 0 Å². The van der Waals surface area contributed by atoms with Crippen LogP contribution in [-0.4, -0.2) is 30.3 Å². The average Bonchev–Trinajstić information content (AvgIpc) is 3.42. The van der Waals surface area contributed by atoms with Crippen molar-refractivity contribution in [3.63, 3.8) is 0 Å². The Labute approximate surface area is 163 Å². The molecule has 0 bridgehead atoms. The quantitative estimate of drug-likeness (QED) is 0.840. The van der Waals surface area contributed by atoms with Crippen LogP contribution in [0.2, 0.25) is 0 Å². The molecule has 1 saturated carbocycles. The topological polar surface area (TPSA) is 78.5 Å². The molecule has 144 valence electrons. The molecule has 28 heavy (non-hydrogen) atoms. The van der Waals surface area contributed by atoms with Crippen LogP contribution in [-0.2, 0) is 11.2 Å². The Kier molecular flexibility index (Phi) is 4.86. The van der Waals surface area contributed by atoms with Crippen LogP contribution in [0.15, 0.2) is 42.5 Å². The number of nitrogens with one attached hydrogen (secondary N) is 2. The Morgan fingerprint density at radius 2 is 1.82 bits per heavy atom. The molecule has 0 aromatic heterocycles. The van der Waals surface area contributed by atoms with Gasteiger partial charge in [0, 0.05) is 41.5 Å². The number of nitrogens with zero attached hydrogens (tertiary/aromatic N) is 1. The summed E-state index contributed by atoms with van der Waals surface area (Å²) in [6.07, 6.45) is 3.27. The second-order valence-corrected chi connectivity index (χ2v) is 7.28. The lowest BCUT2D eigenvalue weighted by Crippen LogP contribution is -2.27. The largest absolute Gasteiger partial charge is 0.349 e. The Morgan fingerprint density at radius 1 is 1.04 bits per heavy atom. The molecular weight excluding hydrogens is 354 g/mol. The molecule has 2 aliphatic rings. The van der Waals surface area contributed by atoms with Gasteiger partial charge in [0.05, 0.1) is 0 Å². The molecule has 3 amide bonds. The maximum atomic E-state index is 12.7. The molecule has 2 aromatic carbocycles. The fourth-order valence-electron chi connectivity index (χ4n) is 3.43. The maximum absolute atomic E-state index is 12.7. The Hall–Kier alpha value is -3.15. The molecule has 0 spiro atoms.